The molecule has 3 atom stereocenters. The van der Waals surface area contributed by atoms with Gasteiger partial charge in [-0.3, -0.25) is 4.79 Å². The van der Waals surface area contributed by atoms with E-state index in [0.29, 0.717) is 17.9 Å². The average Bonchev–Trinajstić information content (AvgIpc) is 2.71. The van der Waals surface area contributed by atoms with Crippen LogP contribution in [0.5, 0.6) is 0 Å². The number of amides is 1. The molecule has 1 heterocycles. The van der Waals surface area contributed by atoms with E-state index in [0.717, 1.165) is 32.5 Å². The van der Waals surface area contributed by atoms with E-state index in [2.05, 4.69) is 37.9 Å². The lowest BCUT2D eigenvalue weighted by Crippen LogP contribution is -2.52. The fourth-order valence-electron chi connectivity index (χ4n) is 3.92. The lowest BCUT2D eigenvalue weighted by atomic mass is 9.80. The first-order chi connectivity index (χ1) is 8.95. The first-order valence-corrected chi connectivity index (χ1v) is 7.98. The van der Waals surface area contributed by atoms with E-state index < -0.39 is 0 Å². The number of piperidine rings is 1. The van der Waals surface area contributed by atoms with Crippen molar-refractivity contribution in [1.82, 2.24) is 10.2 Å². The van der Waals surface area contributed by atoms with E-state index in [1.54, 1.807) is 0 Å². The Bertz CT molecular complexity index is 327. The molecule has 2 fully saturated rings. The third-order valence-electron chi connectivity index (χ3n) is 5.24. The molecule has 1 aliphatic heterocycles. The summed E-state index contributed by atoms with van der Waals surface area (Å²) >= 11 is 0. The van der Waals surface area contributed by atoms with Gasteiger partial charge in [0.15, 0.2) is 0 Å². The Morgan fingerprint density at radius 3 is 2.63 bits per heavy atom. The summed E-state index contributed by atoms with van der Waals surface area (Å²) in [6.45, 7) is 11.8. The van der Waals surface area contributed by atoms with Crippen LogP contribution >= 0.6 is 0 Å². The minimum atomic E-state index is 0.207. The number of rotatable bonds is 3. The fourth-order valence-corrected chi connectivity index (χ4v) is 3.92. The van der Waals surface area contributed by atoms with Gasteiger partial charge in [0, 0.05) is 25.0 Å². The highest BCUT2D eigenvalue weighted by atomic mass is 16.2. The number of nitrogens with one attached hydrogen (secondary N) is 1. The van der Waals surface area contributed by atoms with Crippen molar-refractivity contribution in [3.63, 3.8) is 0 Å². The quantitative estimate of drug-likeness (QED) is 0.852. The molecule has 3 heteroatoms. The molecule has 19 heavy (non-hydrogen) atoms. The van der Waals surface area contributed by atoms with Crippen molar-refractivity contribution in [3.8, 4) is 0 Å². The molecule has 3 nitrogen and oxygen atoms in total. The van der Waals surface area contributed by atoms with Crippen LogP contribution in [0.25, 0.3) is 0 Å². The fraction of sp³-hybridized carbons (Fsp3) is 0.938. The molecular weight excluding hydrogens is 236 g/mol. The highest BCUT2D eigenvalue weighted by molar-refractivity contribution is 5.80. The Hall–Kier alpha value is -0.570. The number of carbonyl (C=O) groups excluding carboxylic acids is 1. The second-order valence-electron chi connectivity index (χ2n) is 7.15. The molecule has 1 saturated carbocycles. The molecule has 0 spiro atoms. The van der Waals surface area contributed by atoms with Crippen molar-refractivity contribution in [3.05, 3.63) is 0 Å². The normalized spacial score (nSPS) is 34.5. The molecule has 1 saturated heterocycles. The van der Waals surface area contributed by atoms with Gasteiger partial charge >= 0.3 is 0 Å². The molecule has 110 valence electrons. The van der Waals surface area contributed by atoms with Crippen LogP contribution in [-0.2, 0) is 4.79 Å². The zero-order valence-corrected chi connectivity index (χ0v) is 13.0. The van der Waals surface area contributed by atoms with Gasteiger partial charge in [-0.1, -0.05) is 34.1 Å². The van der Waals surface area contributed by atoms with Gasteiger partial charge in [0.25, 0.3) is 0 Å². The first-order valence-electron chi connectivity index (χ1n) is 7.98. The van der Waals surface area contributed by atoms with Gasteiger partial charge in [-0.25, -0.2) is 0 Å². The van der Waals surface area contributed by atoms with E-state index in [1.165, 1.54) is 12.8 Å². The molecular formula is C16H30N2O. The van der Waals surface area contributed by atoms with Crippen LogP contribution in [0, 0.1) is 17.3 Å². The molecule has 0 aromatic rings. The van der Waals surface area contributed by atoms with Crippen LogP contribution in [0.4, 0.5) is 0 Å². The lowest BCUT2D eigenvalue weighted by Gasteiger charge is -2.40. The largest absolute Gasteiger partial charge is 0.342 e. The summed E-state index contributed by atoms with van der Waals surface area (Å²) in [4.78, 5) is 14.9. The highest BCUT2D eigenvalue weighted by Gasteiger charge is 2.42. The van der Waals surface area contributed by atoms with Crippen molar-refractivity contribution >= 4 is 5.91 Å². The highest BCUT2D eigenvalue weighted by Crippen LogP contribution is 2.43. The van der Waals surface area contributed by atoms with Gasteiger partial charge in [0.2, 0.25) is 5.91 Å². The van der Waals surface area contributed by atoms with Crippen molar-refractivity contribution in [1.29, 1.82) is 0 Å². The van der Waals surface area contributed by atoms with E-state index in [4.69, 9.17) is 0 Å². The molecule has 2 aliphatic rings. The van der Waals surface area contributed by atoms with Gasteiger partial charge in [-0.05, 0) is 37.1 Å². The molecule has 0 aromatic heterocycles. The van der Waals surface area contributed by atoms with Gasteiger partial charge < -0.3 is 10.2 Å². The number of nitrogens with zero attached hydrogens (tertiary/aromatic N) is 1. The summed E-state index contributed by atoms with van der Waals surface area (Å²) in [6.07, 6.45) is 4.61. The van der Waals surface area contributed by atoms with Crippen molar-refractivity contribution < 1.29 is 4.79 Å². The van der Waals surface area contributed by atoms with E-state index in [-0.39, 0.29) is 11.3 Å². The minimum Gasteiger partial charge on any atom is -0.342 e. The third kappa shape index (κ3) is 3.13. The Morgan fingerprint density at radius 2 is 2.11 bits per heavy atom. The zero-order valence-electron chi connectivity index (χ0n) is 13.0. The molecule has 1 amide bonds. The van der Waals surface area contributed by atoms with Crippen LogP contribution in [-0.4, -0.2) is 36.5 Å². The minimum absolute atomic E-state index is 0.207. The van der Waals surface area contributed by atoms with Crippen molar-refractivity contribution in [2.24, 2.45) is 17.3 Å². The summed E-state index contributed by atoms with van der Waals surface area (Å²) < 4.78 is 0. The maximum Gasteiger partial charge on any atom is 0.226 e. The summed E-state index contributed by atoms with van der Waals surface area (Å²) in [5.74, 6) is 1.25. The van der Waals surface area contributed by atoms with Crippen molar-refractivity contribution in [2.45, 2.75) is 59.4 Å². The second kappa shape index (κ2) is 5.82. The summed E-state index contributed by atoms with van der Waals surface area (Å²) in [5.41, 5.74) is 0.207. The molecule has 3 unspecified atom stereocenters. The predicted octanol–water partition coefficient (Wildman–Crippen LogP) is 2.66. The Labute approximate surface area is 118 Å². The molecule has 0 bridgehead atoms. The van der Waals surface area contributed by atoms with E-state index >= 15 is 0 Å². The number of likely N-dealkylation sites (tertiary alicyclic amines) is 1. The summed E-state index contributed by atoms with van der Waals surface area (Å²) in [6, 6.07) is 0.589. The maximum atomic E-state index is 12.7. The topological polar surface area (TPSA) is 32.3 Å². The smallest absolute Gasteiger partial charge is 0.226 e. The number of hydrogen-bond acceptors (Lipinski definition) is 2. The molecule has 1 aliphatic carbocycles. The summed E-state index contributed by atoms with van der Waals surface area (Å²) in [5, 5.41) is 3.54. The van der Waals surface area contributed by atoms with Crippen LogP contribution in [0.3, 0.4) is 0 Å². The standard InChI is InChI=1S/C16H30N2O/c1-5-17-14-8-10-18(11-12(14)2)15(19)13-7-6-9-16(13,3)4/h12-14,17H,5-11H2,1-4H3. The maximum absolute atomic E-state index is 12.7. The third-order valence-corrected chi connectivity index (χ3v) is 5.24. The Balaban J connectivity index is 1.95. The van der Waals surface area contributed by atoms with Crippen LogP contribution in [0.15, 0.2) is 0 Å². The van der Waals surface area contributed by atoms with Gasteiger partial charge in [0.05, 0.1) is 0 Å². The van der Waals surface area contributed by atoms with Gasteiger partial charge in [-0.2, -0.15) is 0 Å². The molecule has 0 aromatic carbocycles. The SMILES string of the molecule is CCNC1CCN(C(=O)C2CCCC2(C)C)CC1C. The van der Waals surface area contributed by atoms with Crippen molar-refractivity contribution in [2.75, 3.05) is 19.6 Å². The van der Waals surface area contributed by atoms with E-state index in [9.17, 15) is 4.79 Å². The first kappa shape index (κ1) is 14.8. The molecule has 1 N–H and O–H groups in total. The Kier molecular flexibility index (Phi) is 4.54. The van der Waals surface area contributed by atoms with Crippen LogP contribution in [0.1, 0.15) is 53.4 Å². The van der Waals surface area contributed by atoms with E-state index in [1.807, 2.05) is 0 Å². The van der Waals surface area contributed by atoms with Gasteiger partial charge in [-0.15, -0.1) is 0 Å². The van der Waals surface area contributed by atoms with Gasteiger partial charge in [0.1, 0.15) is 0 Å². The predicted molar refractivity (Wildman–Crippen MR) is 78.9 cm³/mol. The summed E-state index contributed by atoms with van der Waals surface area (Å²) in [7, 11) is 0. The van der Waals surface area contributed by atoms with Crippen LogP contribution in [0.2, 0.25) is 0 Å². The average molecular weight is 266 g/mol. The van der Waals surface area contributed by atoms with Crippen LogP contribution < -0.4 is 5.32 Å². The number of carbonyl (C=O) groups is 1. The monoisotopic (exact) mass is 266 g/mol. The lowest BCUT2D eigenvalue weighted by molar-refractivity contribution is -0.140. The Morgan fingerprint density at radius 1 is 1.37 bits per heavy atom. The molecule has 0 radical (unpaired) electrons. The molecule has 2 rings (SSSR count). The number of hydrogen-bond donors (Lipinski definition) is 1. The zero-order chi connectivity index (χ0) is 14.0. The second-order valence-corrected chi connectivity index (χ2v) is 7.15.